The number of aryl methyl sites for hydroxylation is 1. The number of hydrogen-bond donors (Lipinski definition) is 1. The summed E-state index contributed by atoms with van der Waals surface area (Å²) in [7, 11) is 2.90. The van der Waals surface area contributed by atoms with Crippen LogP contribution < -0.4 is 10.1 Å². The number of hydrogen-bond acceptors (Lipinski definition) is 4. The zero-order valence-corrected chi connectivity index (χ0v) is 17.3. The molecule has 0 radical (unpaired) electrons. The average Bonchev–Trinajstić information content (AvgIpc) is 2.99. The van der Waals surface area contributed by atoms with Gasteiger partial charge in [-0.1, -0.05) is 13.8 Å². The first-order chi connectivity index (χ1) is 13.9. The van der Waals surface area contributed by atoms with Crippen LogP contribution in [0, 0.1) is 5.41 Å². The fraction of sp³-hybridized carbons (Fsp3) is 0.476. The molecule has 0 aliphatic heterocycles. The maximum absolute atomic E-state index is 13.2. The summed E-state index contributed by atoms with van der Waals surface area (Å²) in [5.41, 5.74) is 1.05. The number of carbonyl (C=O) groups excluding carboxylic acids is 2. The van der Waals surface area contributed by atoms with Crippen molar-refractivity contribution in [3.05, 3.63) is 46.3 Å². The number of alkyl halides is 3. The van der Waals surface area contributed by atoms with Crippen LogP contribution in [0.2, 0.25) is 0 Å². The third-order valence-electron chi connectivity index (χ3n) is 5.42. The summed E-state index contributed by atoms with van der Waals surface area (Å²) < 4.78 is 45.9. The number of Topliss-reactive ketones (excluding diaryl/α,β-unsaturated/α-hetero) is 1. The molecular formula is C21H24F3N3O3. The molecule has 1 heterocycles. The number of ether oxygens (including phenoxy) is 1. The molecule has 0 spiro atoms. The van der Waals surface area contributed by atoms with Gasteiger partial charge in [-0.15, -0.1) is 0 Å². The Kier molecular flexibility index (Phi) is 5.66. The maximum Gasteiger partial charge on any atom is 0.419 e. The number of carbonyl (C=O) groups is 2. The number of halogens is 3. The fourth-order valence-corrected chi connectivity index (χ4v) is 3.72. The number of aromatic nitrogens is 2. The van der Waals surface area contributed by atoms with Crippen molar-refractivity contribution in [3.63, 3.8) is 0 Å². The Hall–Kier alpha value is -2.84. The van der Waals surface area contributed by atoms with Crippen LogP contribution in [0.4, 0.5) is 13.2 Å². The molecule has 0 bridgehead atoms. The van der Waals surface area contributed by atoms with Crippen LogP contribution >= 0.6 is 0 Å². The molecule has 1 N–H and O–H groups in total. The van der Waals surface area contributed by atoms with Crippen molar-refractivity contribution < 1.29 is 27.5 Å². The van der Waals surface area contributed by atoms with Gasteiger partial charge >= 0.3 is 6.18 Å². The number of rotatable bonds is 5. The quantitative estimate of drug-likeness (QED) is 0.747. The number of ketones is 1. The summed E-state index contributed by atoms with van der Waals surface area (Å²) in [5.74, 6) is -1.52. The zero-order valence-electron chi connectivity index (χ0n) is 17.3. The van der Waals surface area contributed by atoms with E-state index in [1.165, 1.54) is 6.07 Å². The minimum atomic E-state index is -4.66. The Morgan fingerprint density at radius 2 is 2.00 bits per heavy atom. The Morgan fingerprint density at radius 3 is 2.63 bits per heavy atom. The third kappa shape index (κ3) is 4.34. The Labute approximate surface area is 172 Å². The summed E-state index contributed by atoms with van der Waals surface area (Å²) in [6.45, 7) is 3.89. The highest BCUT2D eigenvalue weighted by Crippen LogP contribution is 2.37. The predicted octanol–water partition coefficient (Wildman–Crippen LogP) is 3.58. The van der Waals surface area contributed by atoms with Gasteiger partial charge in [0.15, 0.2) is 11.5 Å². The van der Waals surface area contributed by atoms with Crippen LogP contribution in [-0.2, 0) is 26.1 Å². The normalized spacial score (nSPS) is 15.4. The van der Waals surface area contributed by atoms with Crippen molar-refractivity contribution in [1.82, 2.24) is 15.1 Å². The first-order valence-electron chi connectivity index (χ1n) is 9.54. The van der Waals surface area contributed by atoms with Gasteiger partial charge in [0.05, 0.1) is 19.2 Å². The third-order valence-corrected chi connectivity index (χ3v) is 5.42. The molecule has 1 amide bonds. The summed E-state index contributed by atoms with van der Waals surface area (Å²) in [6, 6.07) is 3.07. The van der Waals surface area contributed by atoms with Gasteiger partial charge in [-0.05, 0) is 42.9 Å². The molecular weight excluding hydrogens is 399 g/mol. The highest BCUT2D eigenvalue weighted by molar-refractivity contribution is 6.02. The molecule has 3 rings (SSSR count). The summed E-state index contributed by atoms with van der Waals surface area (Å²) in [4.78, 5) is 25.0. The molecule has 6 nitrogen and oxygen atoms in total. The Bertz CT molecular complexity index is 993. The van der Waals surface area contributed by atoms with Crippen molar-refractivity contribution in [2.45, 2.75) is 39.3 Å². The van der Waals surface area contributed by atoms with Gasteiger partial charge in [0.25, 0.3) is 5.91 Å². The van der Waals surface area contributed by atoms with Crippen molar-refractivity contribution in [2.75, 3.05) is 13.7 Å². The first-order valence-corrected chi connectivity index (χ1v) is 9.54. The topological polar surface area (TPSA) is 73.2 Å². The van der Waals surface area contributed by atoms with E-state index < -0.39 is 30.0 Å². The number of nitrogens with one attached hydrogen (secondary N) is 1. The largest absolute Gasteiger partial charge is 0.496 e. The molecule has 30 heavy (non-hydrogen) atoms. The average molecular weight is 423 g/mol. The lowest BCUT2D eigenvalue weighted by Crippen LogP contribution is -2.31. The molecule has 0 saturated carbocycles. The number of methoxy groups -OCH3 is 1. The molecule has 0 unspecified atom stereocenters. The van der Waals surface area contributed by atoms with E-state index in [0.717, 1.165) is 43.3 Å². The van der Waals surface area contributed by atoms with Crippen LogP contribution in [0.3, 0.4) is 0 Å². The summed E-state index contributed by atoms with van der Waals surface area (Å²) in [5, 5.41) is 6.80. The highest BCUT2D eigenvalue weighted by atomic mass is 19.4. The monoisotopic (exact) mass is 423 g/mol. The molecule has 1 aliphatic carbocycles. The molecule has 1 aliphatic rings. The van der Waals surface area contributed by atoms with Crippen molar-refractivity contribution in [3.8, 4) is 5.75 Å². The van der Waals surface area contributed by atoms with Gasteiger partial charge in [-0.25, -0.2) is 0 Å². The van der Waals surface area contributed by atoms with Crippen LogP contribution in [0.25, 0.3) is 0 Å². The molecule has 1 aromatic carbocycles. The van der Waals surface area contributed by atoms with Gasteiger partial charge in [0, 0.05) is 23.9 Å². The lowest BCUT2D eigenvalue weighted by Gasteiger charge is -2.29. The van der Waals surface area contributed by atoms with Gasteiger partial charge < -0.3 is 10.1 Å². The first kappa shape index (κ1) is 21.9. The van der Waals surface area contributed by atoms with Crippen LogP contribution in [-0.4, -0.2) is 35.1 Å². The summed E-state index contributed by atoms with van der Waals surface area (Å²) in [6.07, 6.45) is -2.24. The number of fused-ring (bicyclic) bond motifs is 1. The van der Waals surface area contributed by atoms with E-state index in [9.17, 15) is 22.8 Å². The van der Waals surface area contributed by atoms with Gasteiger partial charge in [-0.3, -0.25) is 14.3 Å². The van der Waals surface area contributed by atoms with E-state index in [1.807, 2.05) is 0 Å². The molecule has 9 heteroatoms. The SMILES string of the molecule is COc1ccc(C(=O)CNC(=O)c2nn(C)c3c2CCC(C)(C)C3)cc1C(F)(F)F. The molecule has 1 aromatic heterocycles. The number of benzene rings is 1. The van der Waals surface area contributed by atoms with Crippen molar-refractivity contribution in [2.24, 2.45) is 12.5 Å². The number of amides is 1. The summed E-state index contributed by atoms with van der Waals surface area (Å²) >= 11 is 0. The van der Waals surface area contributed by atoms with E-state index in [1.54, 1.807) is 11.7 Å². The van der Waals surface area contributed by atoms with E-state index in [-0.39, 0.29) is 22.4 Å². The van der Waals surface area contributed by atoms with E-state index in [0.29, 0.717) is 6.42 Å². The highest BCUT2D eigenvalue weighted by Gasteiger charge is 2.35. The second-order valence-electron chi connectivity index (χ2n) is 8.26. The Balaban J connectivity index is 1.74. The molecule has 0 atom stereocenters. The smallest absolute Gasteiger partial charge is 0.419 e. The maximum atomic E-state index is 13.2. The molecule has 0 saturated heterocycles. The lowest BCUT2D eigenvalue weighted by molar-refractivity contribution is -0.138. The van der Waals surface area contributed by atoms with Gasteiger partial charge in [0.1, 0.15) is 5.75 Å². The fourth-order valence-electron chi connectivity index (χ4n) is 3.72. The second kappa shape index (κ2) is 7.77. The van der Waals surface area contributed by atoms with Gasteiger partial charge in [-0.2, -0.15) is 18.3 Å². The van der Waals surface area contributed by atoms with Crippen LogP contribution in [0.15, 0.2) is 18.2 Å². The van der Waals surface area contributed by atoms with Gasteiger partial charge in [0.2, 0.25) is 0 Å². The minimum Gasteiger partial charge on any atom is -0.496 e. The van der Waals surface area contributed by atoms with Crippen molar-refractivity contribution in [1.29, 1.82) is 0 Å². The molecule has 0 fully saturated rings. The Morgan fingerprint density at radius 1 is 1.30 bits per heavy atom. The minimum absolute atomic E-state index is 0.120. The molecule has 2 aromatic rings. The van der Waals surface area contributed by atoms with Crippen LogP contribution in [0.5, 0.6) is 5.75 Å². The zero-order chi connectivity index (χ0) is 22.3. The second-order valence-corrected chi connectivity index (χ2v) is 8.26. The standard InChI is InChI=1S/C21H24F3N3O3/c1-20(2)8-7-13-15(10-20)27(3)26-18(13)19(29)25-11-16(28)12-5-6-17(30-4)14(9-12)21(22,23)24/h5-6,9H,7-8,10-11H2,1-4H3,(H,25,29). The predicted molar refractivity (Wildman–Crippen MR) is 104 cm³/mol. The van der Waals surface area contributed by atoms with E-state index in [4.69, 9.17) is 4.74 Å². The van der Waals surface area contributed by atoms with Crippen LogP contribution in [0.1, 0.15) is 57.9 Å². The van der Waals surface area contributed by atoms with Crippen molar-refractivity contribution >= 4 is 11.7 Å². The lowest BCUT2D eigenvalue weighted by atomic mass is 9.76. The molecule has 162 valence electrons. The number of nitrogens with zero attached hydrogens (tertiary/aromatic N) is 2. The van der Waals surface area contributed by atoms with E-state index in [2.05, 4.69) is 24.3 Å². The van der Waals surface area contributed by atoms with E-state index >= 15 is 0 Å².